The minimum atomic E-state index is 0.589. The molecule has 0 aliphatic carbocycles. The zero-order valence-electron chi connectivity index (χ0n) is 15.7. The number of fused-ring (bicyclic) bond motifs is 3. The summed E-state index contributed by atoms with van der Waals surface area (Å²) in [6.07, 6.45) is 6.00. The van der Waals surface area contributed by atoms with Crippen molar-refractivity contribution in [3.05, 3.63) is 24.0 Å². The average molecular weight is 345 g/mol. The molecule has 25 heavy (non-hydrogen) atoms. The van der Waals surface area contributed by atoms with Crippen LogP contribution < -0.4 is 10.5 Å². The summed E-state index contributed by atoms with van der Waals surface area (Å²) < 4.78 is 8.57. The van der Waals surface area contributed by atoms with Crippen LogP contribution in [0.1, 0.15) is 12.0 Å². The average Bonchev–Trinajstić information content (AvgIpc) is 2.72. The fourth-order valence-electron chi connectivity index (χ4n) is 3.75. The number of hydrogen-bond acceptors (Lipinski definition) is 5. The molecule has 0 spiro atoms. The third-order valence-electron chi connectivity index (χ3n) is 5.03. The van der Waals surface area contributed by atoms with Crippen LogP contribution >= 0.6 is 0 Å². The van der Waals surface area contributed by atoms with Crippen LogP contribution in [0.5, 0.6) is 5.88 Å². The van der Waals surface area contributed by atoms with Gasteiger partial charge in [-0.15, -0.1) is 0 Å². The second-order valence-electron chi connectivity index (χ2n) is 7.39. The first-order valence-electron chi connectivity index (χ1n) is 9.21. The molecule has 6 heteroatoms. The standard InChI is InChI=1S/C19H31N5O/c1-22(2)9-10-24-18-4-7-21-13-17(18)16-12-15(5-11-25-19(16)24)14-23(3)8-6-20/h4,7,13,15H,5-6,8-12,14,20H2,1-3H3. The van der Waals surface area contributed by atoms with E-state index in [1.54, 1.807) is 0 Å². The first kappa shape index (κ1) is 18.2. The van der Waals surface area contributed by atoms with E-state index in [0.717, 1.165) is 51.5 Å². The third kappa shape index (κ3) is 4.14. The van der Waals surface area contributed by atoms with Gasteiger partial charge in [0.25, 0.3) is 0 Å². The Labute approximate surface area is 150 Å². The van der Waals surface area contributed by atoms with Crippen LogP contribution in [0, 0.1) is 5.92 Å². The topological polar surface area (TPSA) is 59.6 Å². The second-order valence-corrected chi connectivity index (χ2v) is 7.39. The predicted octanol–water partition coefficient (Wildman–Crippen LogP) is 1.43. The van der Waals surface area contributed by atoms with Gasteiger partial charge in [0.2, 0.25) is 0 Å². The van der Waals surface area contributed by atoms with Gasteiger partial charge in [0.15, 0.2) is 5.88 Å². The van der Waals surface area contributed by atoms with Crippen LogP contribution in [0.4, 0.5) is 0 Å². The largest absolute Gasteiger partial charge is 0.479 e. The molecular formula is C19H31N5O. The van der Waals surface area contributed by atoms with Crippen LogP contribution in [0.3, 0.4) is 0 Å². The molecule has 138 valence electrons. The van der Waals surface area contributed by atoms with E-state index in [9.17, 15) is 0 Å². The van der Waals surface area contributed by atoms with Gasteiger partial charge in [-0.05, 0) is 46.0 Å². The molecule has 0 radical (unpaired) electrons. The molecule has 2 aromatic heterocycles. The summed E-state index contributed by atoms with van der Waals surface area (Å²) in [5.41, 5.74) is 8.25. The van der Waals surface area contributed by atoms with Crippen molar-refractivity contribution >= 4 is 10.9 Å². The monoisotopic (exact) mass is 345 g/mol. The highest BCUT2D eigenvalue weighted by Crippen LogP contribution is 2.36. The normalized spacial score (nSPS) is 17.8. The minimum absolute atomic E-state index is 0.589. The number of pyridine rings is 1. The fourth-order valence-corrected chi connectivity index (χ4v) is 3.75. The lowest BCUT2D eigenvalue weighted by Gasteiger charge is -2.22. The molecule has 1 aliphatic rings. The molecule has 0 aromatic carbocycles. The third-order valence-corrected chi connectivity index (χ3v) is 5.03. The van der Waals surface area contributed by atoms with Crippen LogP contribution in [0.2, 0.25) is 0 Å². The summed E-state index contributed by atoms with van der Waals surface area (Å²) in [5.74, 6) is 1.64. The molecule has 6 nitrogen and oxygen atoms in total. The molecule has 3 rings (SSSR count). The molecule has 0 fully saturated rings. The first-order chi connectivity index (χ1) is 12.1. The molecule has 1 atom stereocenters. The van der Waals surface area contributed by atoms with Crippen molar-refractivity contribution in [3.63, 3.8) is 0 Å². The number of aromatic nitrogens is 2. The van der Waals surface area contributed by atoms with Gasteiger partial charge >= 0.3 is 0 Å². The van der Waals surface area contributed by atoms with Gasteiger partial charge in [-0.3, -0.25) is 4.98 Å². The molecule has 1 aliphatic heterocycles. The zero-order chi connectivity index (χ0) is 17.8. The van der Waals surface area contributed by atoms with E-state index in [1.807, 2.05) is 12.4 Å². The van der Waals surface area contributed by atoms with E-state index < -0.39 is 0 Å². The number of rotatable bonds is 7. The van der Waals surface area contributed by atoms with Gasteiger partial charge in [-0.1, -0.05) is 0 Å². The van der Waals surface area contributed by atoms with Gasteiger partial charge < -0.3 is 24.8 Å². The molecule has 0 saturated heterocycles. The van der Waals surface area contributed by atoms with Gasteiger partial charge in [-0.25, -0.2) is 0 Å². The Morgan fingerprint density at radius 2 is 2.16 bits per heavy atom. The summed E-state index contributed by atoms with van der Waals surface area (Å²) in [6.45, 7) is 5.41. The maximum atomic E-state index is 6.24. The number of likely N-dealkylation sites (N-methyl/N-ethyl adjacent to an activating group) is 2. The highest BCUT2D eigenvalue weighted by Gasteiger charge is 2.25. The Hall–Kier alpha value is -1.63. The van der Waals surface area contributed by atoms with E-state index >= 15 is 0 Å². The van der Waals surface area contributed by atoms with E-state index in [-0.39, 0.29) is 0 Å². The van der Waals surface area contributed by atoms with Crippen molar-refractivity contribution in [2.45, 2.75) is 19.4 Å². The van der Waals surface area contributed by atoms with Crippen LogP contribution in [-0.2, 0) is 13.0 Å². The van der Waals surface area contributed by atoms with Crippen LogP contribution in [0.15, 0.2) is 18.5 Å². The van der Waals surface area contributed by atoms with Gasteiger partial charge in [0, 0.05) is 56.1 Å². The predicted molar refractivity (Wildman–Crippen MR) is 102 cm³/mol. The first-order valence-corrected chi connectivity index (χ1v) is 9.21. The van der Waals surface area contributed by atoms with Gasteiger partial charge in [-0.2, -0.15) is 0 Å². The number of hydrogen-bond donors (Lipinski definition) is 1. The second kappa shape index (κ2) is 8.17. The number of ether oxygens (including phenoxy) is 1. The highest BCUT2D eigenvalue weighted by atomic mass is 16.5. The SMILES string of the molecule is CN(C)CCn1c2c(c3cnccc31)CC(CN(C)CCN)CCO2. The van der Waals surface area contributed by atoms with E-state index in [0.29, 0.717) is 12.5 Å². The fraction of sp³-hybridized carbons (Fsp3) is 0.632. The van der Waals surface area contributed by atoms with Crippen molar-refractivity contribution in [2.75, 3.05) is 53.9 Å². The molecular weight excluding hydrogens is 314 g/mol. The lowest BCUT2D eigenvalue weighted by molar-refractivity contribution is 0.235. The molecule has 1 unspecified atom stereocenters. The number of nitrogens with two attached hydrogens (primary N) is 1. The van der Waals surface area contributed by atoms with Gasteiger partial charge in [0.1, 0.15) is 0 Å². The summed E-state index contributed by atoms with van der Waals surface area (Å²) in [6, 6.07) is 2.11. The smallest absolute Gasteiger partial charge is 0.197 e. The summed E-state index contributed by atoms with van der Waals surface area (Å²) in [5, 5.41) is 1.24. The van der Waals surface area contributed by atoms with Crippen molar-refractivity contribution < 1.29 is 4.74 Å². The van der Waals surface area contributed by atoms with Crippen LogP contribution in [-0.4, -0.2) is 73.3 Å². The lowest BCUT2D eigenvalue weighted by atomic mass is 9.96. The van der Waals surface area contributed by atoms with Gasteiger partial charge in [0.05, 0.1) is 12.1 Å². The number of nitrogens with zero attached hydrogens (tertiary/aromatic N) is 4. The lowest BCUT2D eigenvalue weighted by Crippen LogP contribution is -2.31. The summed E-state index contributed by atoms with van der Waals surface area (Å²) >= 11 is 0. The quantitative estimate of drug-likeness (QED) is 0.823. The van der Waals surface area contributed by atoms with Crippen molar-refractivity contribution in [1.29, 1.82) is 0 Å². The Bertz CT molecular complexity index is 696. The molecule has 0 amide bonds. The maximum absolute atomic E-state index is 6.24. The Kier molecular flexibility index (Phi) is 5.93. The van der Waals surface area contributed by atoms with Crippen LogP contribution in [0.25, 0.3) is 10.9 Å². The molecule has 2 aromatic rings. The zero-order valence-corrected chi connectivity index (χ0v) is 15.7. The maximum Gasteiger partial charge on any atom is 0.197 e. The van der Waals surface area contributed by atoms with E-state index in [4.69, 9.17) is 10.5 Å². The molecule has 2 N–H and O–H groups in total. The highest BCUT2D eigenvalue weighted by molar-refractivity contribution is 5.86. The molecule has 3 heterocycles. The van der Waals surface area contributed by atoms with E-state index in [1.165, 1.54) is 16.5 Å². The van der Waals surface area contributed by atoms with E-state index in [2.05, 4.69) is 46.6 Å². The van der Waals surface area contributed by atoms with Crippen molar-refractivity contribution in [2.24, 2.45) is 11.7 Å². The summed E-state index contributed by atoms with van der Waals surface area (Å²) in [7, 11) is 6.37. The molecule has 0 saturated carbocycles. The summed E-state index contributed by atoms with van der Waals surface area (Å²) in [4.78, 5) is 8.91. The Morgan fingerprint density at radius 1 is 1.32 bits per heavy atom. The Balaban J connectivity index is 1.90. The molecule has 0 bridgehead atoms. The van der Waals surface area contributed by atoms with Crippen molar-refractivity contribution in [3.8, 4) is 5.88 Å². The van der Waals surface area contributed by atoms with Crippen molar-refractivity contribution in [1.82, 2.24) is 19.4 Å². The minimum Gasteiger partial charge on any atom is -0.479 e. The Morgan fingerprint density at radius 3 is 2.92 bits per heavy atom.